The van der Waals surface area contributed by atoms with E-state index in [2.05, 4.69) is 15.2 Å². The van der Waals surface area contributed by atoms with Gasteiger partial charge in [0.05, 0.1) is 24.9 Å². The molecule has 0 aliphatic carbocycles. The second-order valence-corrected chi connectivity index (χ2v) is 8.49. The number of hydrogen-bond acceptors (Lipinski definition) is 5. The maximum Gasteiger partial charge on any atom is 0.271 e. The van der Waals surface area contributed by atoms with Crippen molar-refractivity contribution in [3.63, 3.8) is 0 Å². The number of benzene rings is 1. The van der Waals surface area contributed by atoms with Gasteiger partial charge in [-0.05, 0) is 55.0 Å². The smallest absolute Gasteiger partial charge is 0.271 e. The molecule has 0 radical (unpaired) electrons. The van der Waals surface area contributed by atoms with Crippen molar-refractivity contribution in [2.45, 2.75) is 45.2 Å². The van der Waals surface area contributed by atoms with Crippen molar-refractivity contribution in [2.24, 2.45) is 5.92 Å². The summed E-state index contributed by atoms with van der Waals surface area (Å²) in [4.78, 5) is 19.3. The lowest BCUT2D eigenvalue weighted by atomic mass is 10.0. The molecule has 2 atom stereocenters. The minimum atomic E-state index is -0.322. The van der Waals surface area contributed by atoms with Gasteiger partial charge in [0.2, 0.25) is 0 Å². The van der Waals surface area contributed by atoms with Gasteiger partial charge in [-0.3, -0.25) is 4.79 Å². The van der Waals surface area contributed by atoms with Crippen LogP contribution in [0.25, 0.3) is 5.65 Å². The molecular weight excluding hydrogens is 397 g/mol. The normalized spacial score (nSPS) is 17.5. The average Bonchev–Trinajstić information content (AvgIpc) is 3.39. The lowest BCUT2D eigenvalue weighted by Crippen LogP contribution is -2.39. The van der Waals surface area contributed by atoms with Crippen LogP contribution in [-0.2, 0) is 0 Å². The molecule has 1 aliphatic heterocycles. The molecule has 1 fully saturated rings. The van der Waals surface area contributed by atoms with Gasteiger partial charge in [-0.1, -0.05) is 26.0 Å². The molecule has 31 heavy (non-hydrogen) atoms. The molecule has 3 heterocycles. The Bertz CT molecular complexity index is 1070. The van der Waals surface area contributed by atoms with Crippen LogP contribution in [-0.4, -0.2) is 44.8 Å². The molecule has 1 aromatic carbocycles. The molecular formula is C23H28FN5O2. The monoisotopic (exact) mass is 425 g/mol. The van der Waals surface area contributed by atoms with Crippen molar-refractivity contribution >= 4 is 17.4 Å². The Balaban J connectivity index is 1.61. The van der Waals surface area contributed by atoms with Gasteiger partial charge in [-0.15, -0.1) is 5.10 Å². The third kappa shape index (κ3) is 4.54. The number of aromatic nitrogens is 3. The van der Waals surface area contributed by atoms with E-state index in [9.17, 15) is 14.3 Å². The fourth-order valence-electron chi connectivity index (χ4n) is 4.28. The highest BCUT2D eigenvalue weighted by atomic mass is 19.1. The van der Waals surface area contributed by atoms with Gasteiger partial charge in [-0.2, -0.15) is 0 Å². The minimum absolute atomic E-state index is 0.0336. The SMILES string of the molecule is CC(C)C[C@@H](CO)NC(=O)c1cnc2ccc(N3CCC[C@@H]3c3cccc(F)c3)nn12. The second-order valence-electron chi connectivity index (χ2n) is 8.49. The van der Waals surface area contributed by atoms with Gasteiger partial charge in [0, 0.05) is 6.54 Å². The van der Waals surface area contributed by atoms with Crippen molar-refractivity contribution in [1.29, 1.82) is 0 Å². The van der Waals surface area contributed by atoms with Crippen LogP contribution in [0.3, 0.4) is 0 Å². The van der Waals surface area contributed by atoms with Crippen LogP contribution in [0.1, 0.15) is 55.2 Å². The van der Waals surface area contributed by atoms with Gasteiger partial charge >= 0.3 is 0 Å². The van der Waals surface area contributed by atoms with Crippen molar-refractivity contribution < 1.29 is 14.3 Å². The number of carbonyl (C=O) groups is 1. The lowest BCUT2D eigenvalue weighted by Gasteiger charge is -2.26. The molecule has 0 unspecified atom stereocenters. The lowest BCUT2D eigenvalue weighted by molar-refractivity contribution is 0.0901. The van der Waals surface area contributed by atoms with Gasteiger partial charge in [-0.25, -0.2) is 13.9 Å². The summed E-state index contributed by atoms with van der Waals surface area (Å²) >= 11 is 0. The predicted octanol–water partition coefficient (Wildman–Crippen LogP) is 3.35. The first-order valence-corrected chi connectivity index (χ1v) is 10.7. The number of rotatable bonds is 7. The van der Waals surface area contributed by atoms with Crippen LogP contribution < -0.4 is 10.2 Å². The Labute approximate surface area is 180 Å². The molecule has 0 bridgehead atoms. The molecule has 2 N–H and O–H groups in total. The molecule has 4 rings (SSSR count). The number of carbonyl (C=O) groups excluding carboxylic acids is 1. The summed E-state index contributed by atoms with van der Waals surface area (Å²) in [6, 6.07) is 10.1. The van der Waals surface area contributed by atoms with Crippen LogP contribution >= 0.6 is 0 Å². The fraction of sp³-hybridized carbons (Fsp3) is 0.435. The first-order chi connectivity index (χ1) is 15.0. The Kier molecular flexibility index (Phi) is 6.18. The highest BCUT2D eigenvalue weighted by molar-refractivity contribution is 5.93. The van der Waals surface area contributed by atoms with E-state index >= 15 is 0 Å². The quantitative estimate of drug-likeness (QED) is 0.607. The number of nitrogens with zero attached hydrogens (tertiary/aromatic N) is 4. The third-order valence-electron chi connectivity index (χ3n) is 5.67. The van der Waals surface area contributed by atoms with E-state index in [0.717, 1.165) is 24.9 Å². The number of anilines is 1. The zero-order chi connectivity index (χ0) is 22.0. The zero-order valence-electron chi connectivity index (χ0n) is 17.8. The molecule has 1 aliphatic rings. The summed E-state index contributed by atoms with van der Waals surface area (Å²) in [5, 5.41) is 17.2. The number of nitrogens with one attached hydrogen (secondary N) is 1. The van der Waals surface area contributed by atoms with Crippen LogP contribution in [0.4, 0.5) is 10.2 Å². The number of aliphatic hydroxyl groups is 1. The van der Waals surface area contributed by atoms with E-state index in [0.29, 0.717) is 29.5 Å². The Morgan fingerprint density at radius 1 is 1.32 bits per heavy atom. The number of fused-ring (bicyclic) bond motifs is 1. The number of hydrogen-bond donors (Lipinski definition) is 2. The molecule has 8 heteroatoms. The van der Waals surface area contributed by atoms with Crippen LogP contribution in [0.5, 0.6) is 0 Å². The summed E-state index contributed by atoms with van der Waals surface area (Å²) in [6.45, 7) is 4.77. The number of imidazole rings is 1. The number of aliphatic hydroxyl groups excluding tert-OH is 1. The van der Waals surface area contributed by atoms with Crippen molar-refractivity contribution in [3.8, 4) is 0 Å². The summed E-state index contributed by atoms with van der Waals surface area (Å²) in [5.74, 6) is 0.493. The molecule has 3 aromatic rings. The van der Waals surface area contributed by atoms with Gasteiger partial charge in [0.25, 0.3) is 5.91 Å². The summed E-state index contributed by atoms with van der Waals surface area (Å²) in [6.07, 6.45) is 4.07. The van der Waals surface area contributed by atoms with Gasteiger partial charge in [0.1, 0.15) is 11.6 Å². The number of halogens is 1. The molecule has 164 valence electrons. The largest absolute Gasteiger partial charge is 0.394 e. The van der Waals surface area contributed by atoms with E-state index in [4.69, 9.17) is 5.10 Å². The molecule has 0 saturated carbocycles. The summed E-state index contributed by atoms with van der Waals surface area (Å²) in [7, 11) is 0. The summed E-state index contributed by atoms with van der Waals surface area (Å²) in [5.41, 5.74) is 1.81. The topological polar surface area (TPSA) is 82.8 Å². The Morgan fingerprint density at radius 3 is 2.90 bits per heavy atom. The minimum Gasteiger partial charge on any atom is -0.394 e. The van der Waals surface area contributed by atoms with Gasteiger partial charge < -0.3 is 15.3 Å². The zero-order valence-corrected chi connectivity index (χ0v) is 17.8. The van der Waals surface area contributed by atoms with Crippen LogP contribution in [0, 0.1) is 11.7 Å². The standard InChI is InChI=1S/C23H28FN5O2/c1-15(2)11-18(14-30)26-23(31)20-13-25-21-8-9-22(27-29(20)21)28-10-4-7-19(28)16-5-3-6-17(24)12-16/h3,5-6,8-9,12-13,15,18-19,30H,4,7,10-11,14H2,1-2H3,(H,26,31)/t18-,19+/m0/s1. The van der Waals surface area contributed by atoms with E-state index in [1.807, 2.05) is 32.0 Å². The average molecular weight is 426 g/mol. The Morgan fingerprint density at radius 2 is 2.16 bits per heavy atom. The van der Waals surface area contributed by atoms with Crippen molar-refractivity contribution in [1.82, 2.24) is 19.9 Å². The van der Waals surface area contributed by atoms with E-state index in [1.54, 1.807) is 12.1 Å². The van der Waals surface area contributed by atoms with E-state index in [-0.39, 0.29) is 30.4 Å². The van der Waals surface area contributed by atoms with Crippen molar-refractivity contribution in [3.05, 3.63) is 59.7 Å². The predicted molar refractivity (Wildman–Crippen MR) is 117 cm³/mol. The molecule has 1 saturated heterocycles. The van der Waals surface area contributed by atoms with Crippen LogP contribution in [0.15, 0.2) is 42.6 Å². The van der Waals surface area contributed by atoms with E-state index in [1.165, 1.54) is 16.8 Å². The molecule has 0 spiro atoms. The molecule has 1 amide bonds. The third-order valence-corrected chi connectivity index (χ3v) is 5.67. The maximum absolute atomic E-state index is 13.8. The van der Waals surface area contributed by atoms with Crippen LogP contribution in [0.2, 0.25) is 0 Å². The maximum atomic E-state index is 13.8. The highest BCUT2D eigenvalue weighted by Gasteiger charge is 2.28. The van der Waals surface area contributed by atoms with Gasteiger partial charge in [0.15, 0.2) is 11.3 Å². The molecule has 7 nitrogen and oxygen atoms in total. The summed E-state index contributed by atoms with van der Waals surface area (Å²) < 4.78 is 15.3. The highest BCUT2D eigenvalue weighted by Crippen LogP contribution is 2.35. The second kappa shape index (κ2) is 9.01. The first kappa shape index (κ1) is 21.2. The first-order valence-electron chi connectivity index (χ1n) is 10.7. The van der Waals surface area contributed by atoms with Crippen molar-refractivity contribution in [2.75, 3.05) is 18.1 Å². The number of amides is 1. The fourth-order valence-corrected chi connectivity index (χ4v) is 4.28. The Hall–Kier alpha value is -3.00. The molecule has 2 aromatic heterocycles. The van der Waals surface area contributed by atoms with E-state index < -0.39 is 0 Å².